The van der Waals surface area contributed by atoms with Crippen molar-refractivity contribution in [1.29, 1.82) is 0 Å². The van der Waals surface area contributed by atoms with Gasteiger partial charge in [-0.15, -0.1) is 0 Å². The number of hydrogen-bond acceptors (Lipinski definition) is 6. The van der Waals surface area contributed by atoms with Crippen molar-refractivity contribution in [3.63, 3.8) is 0 Å². The van der Waals surface area contributed by atoms with Gasteiger partial charge in [-0.05, 0) is 86.3 Å². The van der Waals surface area contributed by atoms with Gasteiger partial charge in [-0.2, -0.15) is 0 Å². The molecule has 3 aromatic rings. The van der Waals surface area contributed by atoms with Crippen molar-refractivity contribution in [2.24, 2.45) is 0 Å². The van der Waals surface area contributed by atoms with Crippen LogP contribution in [0.2, 0.25) is 0 Å². The second-order valence-corrected chi connectivity index (χ2v) is 10.3. The van der Waals surface area contributed by atoms with Crippen LogP contribution in [0.3, 0.4) is 0 Å². The molecule has 218 valence electrons. The molecule has 6 nitrogen and oxygen atoms in total. The lowest BCUT2D eigenvalue weighted by molar-refractivity contribution is -0.139. The summed E-state index contributed by atoms with van der Waals surface area (Å²) in [5, 5.41) is 0. The molecule has 41 heavy (non-hydrogen) atoms. The number of benzene rings is 2. The van der Waals surface area contributed by atoms with Gasteiger partial charge < -0.3 is 14.2 Å². The van der Waals surface area contributed by atoms with E-state index in [4.69, 9.17) is 14.2 Å². The summed E-state index contributed by atoms with van der Waals surface area (Å²) in [6.45, 7) is 8.53. The Morgan fingerprint density at radius 3 is 1.95 bits per heavy atom. The molecule has 0 atom stereocenters. The summed E-state index contributed by atoms with van der Waals surface area (Å²) in [6, 6.07) is 18.6. The van der Waals surface area contributed by atoms with Gasteiger partial charge in [-0.1, -0.05) is 64.5 Å². The second kappa shape index (κ2) is 17.7. The number of unbranched alkanes of at least 4 members (excludes halogenated alkanes) is 7. The van der Waals surface area contributed by atoms with Gasteiger partial charge in [0.1, 0.15) is 11.5 Å². The first-order valence-electron chi connectivity index (χ1n) is 14.8. The quantitative estimate of drug-likeness (QED) is 0.0675. The number of pyridine rings is 1. The van der Waals surface area contributed by atoms with Crippen LogP contribution >= 0.6 is 0 Å². The molecule has 3 rings (SSSR count). The maximum absolute atomic E-state index is 12.6. The van der Waals surface area contributed by atoms with E-state index in [1.165, 1.54) is 24.8 Å². The van der Waals surface area contributed by atoms with Gasteiger partial charge in [0.05, 0.1) is 24.5 Å². The lowest BCUT2D eigenvalue weighted by atomic mass is 10.1. The molecule has 2 aromatic carbocycles. The lowest BCUT2D eigenvalue weighted by Crippen LogP contribution is -2.08. The average molecular weight is 558 g/mol. The summed E-state index contributed by atoms with van der Waals surface area (Å²) < 4.78 is 16.5. The van der Waals surface area contributed by atoms with Crippen molar-refractivity contribution in [2.75, 3.05) is 13.2 Å². The molecule has 0 aliphatic carbocycles. The molecule has 1 heterocycles. The summed E-state index contributed by atoms with van der Waals surface area (Å²) >= 11 is 0. The predicted molar refractivity (Wildman–Crippen MR) is 163 cm³/mol. The number of hydrogen-bond donors (Lipinski definition) is 0. The van der Waals surface area contributed by atoms with Crippen LogP contribution in [0.15, 0.2) is 79.0 Å². The molecule has 0 bridgehead atoms. The van der Waals surface area contributed by atoms with Crippen LogP contribution in [0.5, 0.6) is 11.5 Å². The first kappa shape index (κ1) is 31.6. The normalized spacial score (nSPS) is 10.7. The number of ether oxygens (including phenoxy) is 3. The van der Waals surface area contributed by atoms with Crippen molar-refractivity contribution in [3.8, 4) is 22.8 Å². The van der Waals surface area contributed by atoms with E-state index < -0.39 is 5.97 Å². The molecule has 0 saturated carbocycles. The van der Waals surface area contributed by atoms with Crippen LogP contribution in [-0.2, 0) is 16.0 Å². The zero-order valence-corrected chi connectivity index (χ0v) is 24.5. The van der Waals surface area contributed by atoms with Gasteiger partial charge in [0.2, 0.25) is 0 Å². The van der Waals surface area contributed by atoms with E-state index in [9.17, 15) is 9.59 Å². The van der Waals surface area contributed by atoms with Gasteiger partial charge in [0, 0.05) is 17.3 Å². The number of aromatic nitrogens is 1. The highest BCUT2D eigenvalue weighted by Crippen LogP contribution is 2.22. The summed E-state index contributed by atoms with van der Waals surface area (Å²) in [5.74, 6) is 0.534. The highest BCUT2D eigenvalue weighted by Gasteiger charge is 2.10. The molecular weight excluding hydrogens is 514 g/mol. The van der Waals surface area contributed by atoms with Crippen LogP contribution in [0, 0.1) is 0 Å². The summed E-state index contributed by atoms with van der Waals surface area (Å²) in [6.07, 6.45) is 12.9. The average Bonchev–Trinajstić information content (AvgIpc) is 2.99. The van der Waals surface area contributed by atoms with Crippen molar-refractivity contribution < 1.29 is 23.8 Å². The number of rotatable bonds is 18. The second-order valence-electron chi connectivity index (χ2n) is 10.3. The molecule has 0 spiro atoms. The third-order valence-corrected chi connectivity index (χ3v) is 6.70. The Kier molecular flexibility index (Phi) is 13.6. The summed E-state index contributed by atoms with van der Waals surface area (Å²) in [7, 11) is 0. The Balaban J connectivity index is 1.27. The fourth-order valence-electron chi connectivity index (χ4n) is 4.32. The van der Waals surface area contributed by atoms with Crippen LogP contribution in [0.1, 0.15) is 87.6 Å². The third kappa shape index (κ3) is 11.6. The molecular formula is C35H43NO5. The van der Waals surface area contributed by atoms with Gasteiger partial charge in [-0.25, -0.2) is 9.59 Å². The van der Waals surface area contributed by atoms with Gasteiger partial charge in [0.15, 0.2) is 0 Å². The fourth-order valence-corrected chi connectivity index (χ4v) is 4.32. The molecule has 0 amide bonds. The topological polar surface area (TPSA) is 74.7 Å². The van der Waals surface area contributed by atoms with E-state index in [-0.39, 0.29) is 5.97 Å². The van der Waals surface area contributed by atoms with Crippen LogP contribution in [0.4, 0.5) is 0 Å². The first-order valence-corrected chi connectivity index (χ1v) is 14.8. The van der Waals surface area contributed by atoms with Crippen molar-refractivity contribution in [2.45, 2.75) is 78.1 Å². The first-order chi connectivity index (χ1) is 20.0. The van der Waals surface area contributed by atoms with E-state index in [2.05, 4.69) is 24.6 Å². The van der Waals surface area contributed by atoms with E-state index in [1.807, 2.05) is 24.4 Å². The van der Waals surface area contributed by atoms with Gasteiger partial charge >= 0.3 is 11.9 Å². The Hall–Kier alpha value is -3.93. The van der Waals surface area contributed by atoms with E-state index in [1.54, 1.807) is 43.3 Å². The fraction of sp³-hybridized carbons (Fsp3) is 0.400. The minimum Gasteiger partial charge on any atom is -0.494 e. The van der Waals surface area contributed by atoms with Crippen LogP contribution in [-0.4, -0.2) is 30.1 Å². The van der Waals surface area contributed by atoms with Crippen LogP contribution in [0.25, 0.3) is 11.3 Å². The zero-order valence-electron chi connectivity index (χ0n) is 24.5. The molecule has 0 aliphatic heterocycles. The molecule has 0 saturated heterocycles. The molecule has 0 radical (unpaired) electrons. The highest BCUT2D eigenvalue weighted by molar-refractivity contribution is 5.91. The maximum atomic E-state index is 12.6. The maximum Gasteiger partial charge on any atom is 0.343 e. The SMILES string of the molecule is C=C(C)C(=O)OCCCCCCCCCCOc1ccc(C(=O)Oc2ccc(-c3ccc(CCC)cn3)cc2)cc1. The van der Waals surface area contributed by atoms with E-state index in [0.29, 0.717) is 30.1 Å². The number of esters is 2. The Morgan fingerprint density at radius 2 is 1.37 bits per heavy atom. The molecule has 1 aromatic heterocycles. The summed E-state index contributed by atoms with van der Waals surface area (Å²) in [5.41, 5.74) is 4.03. The molecule has 0 N–H and O–H groups in total. The standard InChI is InChI=1S/C35H43NO5/c1-4-13-28-14-23-33(36-26-28)29-15-21-32(22-16-29)41-35(38)30-17-19-31(20-18-30)39-24-11-9-7-5-6-8-10-12-25-40-34(37)27(2)3/h14-23,26H,2,4-13,24-25H2,1,3H3. The highest BCUT2D eigenvalue weighted by atomic mass is 16.5. The minimum absolute atomic E-state index is 0.300. The Morgan fingerprint density at radius 1 is 0.756 bits per heavy atom. The number of aryl methyl sites for hydroxylation is 1. The van der Waals surface area contributed by atoms with Crippen molar-refractivity contribution >= 4 is 11.9 Å². The van der Waals surface area contributed by atoms with E-state index in [0.717, 1.165) is 62.0 Å². The number of nitrogens with zero attached hydrogens (tertiary/aromatic N) is 1. The number of carbonyl (C=O) groups excluding carboxylic acids is 2. The predicted octanol–water partition coefficient (Wildman–Crippen LogP) is 8.54. The smallest absolute Gasteiger partial charge is 0.343 e. The molecule has 6 heteroatoms. The number of carbonyl (C=O) groups is 2. The van der Waals surface area contributed by atoms with Crippen molar-refractivity contribution in [3.05, 3.63) is 90.1 Å². The Bertz CT molecular complexity index is 1220. The lowest BCUT2D eigenvalue weighted by Gasteiger charge is -2.08. The van der Waals surface area contributed by atoms with Crippen LogP contribution < -0.4 is 9.47 Å². The molecule has 0 fully saturated rings. The zero-order chi connectivity index (χ0) is 29.3. The molecule has 0 aliphatic rings. The summed E-state index contributed by atoms with van der Waals surface area (Å²) in [4.78, 5) is 28.4. The van der Waals surface area contributed by atoms with Crippen molar-refractivity contribution in [1.82, 2.24) is 4.98 Å². The van der Waals surface area contributed by atoms with Gasteiger partial charge in [-0.3, -0.25) is 4.98 Å². The third-order valence-electron chi connectivity index (χ3n) is 6.70. The minimum atomic E-state index is -0.404. The Labute approximate surface area is 244 Å². The van der Waals surface area contributed by atoms with E-state index >= 15 is 0 Å². The molecule has 0 unspecified atom stereocenters. The monoisotopic (exact) mass is 557 g/mol. The largest absolute Gasteiger partial charge is 0.494 e. The van der Waals surface area contributed by atoms with Gasteiger partial charge in [0.25, 0.3) is 0 Å².